The highest BCUT2D eigenvalue weighted by Gasteiger charge is 2.24. The van der Waals surface area contributed by atoms with E-state index < -0.39 is 5.82 Å². The van der Waals surface area contributed by atoms with Gasteiger partial charge in [-0.15, -0.1) is 0 Å². The maximum absolute atomic E-state index is 13.9. The van der Waals surface area contributed by atoms with Crippen molar-refractivity contribution in [2.24, 2.45) is 0 Å². The van der Waals surface area contributed by atoms with Crippen molar-refractivity contribution in [1.82, 2.24) is 9.80 Å². The number of carbonyl (C=O) groups excluding carboxylic acids is 1. The highest BCUT2D eigenvalue weighted by Crippen LogP contribution is 2.17. The molecule has 0 radical (unpaired) electrons. The Morgan fingerprint density at radius 3 is 2.48 bits per heavy atom. The van der Waals surface area contributed by atoms with Gasteiger partial charge in [-0.1, -0.05) is 29.8 Å². The van der Waals surface area contributed by atoms with Crippen LogP contribution in [0.4, 0.5) is 4.39 Å². The van der Waals surface area contributed by atoms with Gasteiger partial charge in [-0.05, 0) is 30.3 Å². The van der Waals surface area contributed by atoms with Crippen molar-refractivity contribution >= 4 is 17.5 Å². The lowest BCUT2D eigenvalue weighted by Crippen LogP contribution is -2.49. The molecule has 0 aliphatic carbocycles. The fraction of sp³-hybridized carbons (Fsp3) is 0.316. The smallest absolute Gasteiger partial charge is 0.256 e. The standard InChI is InChI=1S/C19H20ClFN2O2/c20-15-6-7-17(18(21)14-15)19(24)23-10-8-22(9-11-23)12-13-25-16-4-2-1-3-5-16/h1-7,14H,8-13H2. The molecule has 2 aromatic rings. The van der Waals surface area contributed by atoms with Crippen molar-refractivity contribution in [2.45, 2.75) is 0 Å². The van der Waals surface area contributed by atoms with E-state index in [1.54, 1.807) is 4.90 Å². The van der Waals surface area contributed by atoms with E-state index >= 15 is 0 Å². The van der Waals surface area contributed by atoms with E-state index in [2.05, 4.69) is 4.90 Å². The number of amides is 1. The van der Waals surface area contributed by atoms with Gasteiger partial charge in [0.15, 0.2) is 0 Å². The van der Waals surface area contributed by atoms with Crippen molar-refractivity contribution in [3.63, 3.8) is 0 Å². The number of nitrogens with zero attached hydrogens (tertiary/aromatic N) is 2. The molecule has 1 aliphatic heterocycles. The molecule has 132 valence electrons. The minimum Gasteiger partial charge on any atom is -0.492 e. The topological polar surface area (TPSA) is 32.8 Å². The molecule has 25 heavy (non-hydrogen) atoms. The van der Waals surface area contributed by atoms with Crippen molar-refractivity contribution < 1.29 is 13.9 Å². The Hall–Kier alpha value is -2.11. The fourth-order valence-corrected chi connectivity index (χ4v) is 2.98. The average Bonchev–Trinajstić information content (AvgIpc) is 2.63. The van der Waals surface area contributed by atoms with Gasteiger partial charge in [-0.3, -0.25) is 9.69 Å². The van der Waals surface area contributed by atoms with Crippen LogP contribution < -0.4 is 4.74 Å². The van der Waals surface area contributed by atoms with Crippen molar-refractivity contribution in [2.75, 3.05) is 39.3 Å². The molecule has 3 rings (SSSR count). The van der Waals surface area contributed by atoms with E-state index in [0.717, 1.165) is 25.4 Å². The lowest BCUT2D eigenvalue weighted by Gasteiger charge is -2.34. The molecule has 1 aliphatic rings. The van der Waals surface area contributed by atoms with Crippen LogP contribution in [0, 0.1) is 5.82 Å². The normalized spacial score (nSPS) is 15.2. The molecule has 2 aromatic carbocycles. The van der Waals surface area contributed by atoms with Crippen LogP contribution >= 0.6 is 11.6 Å². The van der Waals surface area contributed by atoms with Gasteiger partial charge in [0.2, 0.25) is 0 Å². The minimum atomic E-state index is -0.573. The third-order valence-electron chi connectivity index (χ3n) is 4.24. The summed E-state index contributed by atoms with van der Waals surface area (Å²) in [5.41, 5.74) is 0.0743. The van der Waals surface area contributed by atoms with Crippen LogP contribution in [0.15, 0.2) is 48.5 Å². The van der Waals surface area contributed by atoms with Crippen molar-refractivity contribution in [3.8, 4) is 5.75 Å². The first-order valence-electron chi connectivity index (χ1n) is 8.28. The van der Waals surface area contributed by atoms with Gasteiger partial charge >= 0.3 is 0 Å². The first-order valence-corrected chi connectivity index (χ1v) is 8.66. The first-order chi connectivity index (χ1) is 12.1. The summed E-state index contributed by atoms with van der Waals surface area (Å²) in [4.78, 5) is 16.4. The number of benzene rings is 2. The summed E-state index contributed by atoms with van der Waals surface area (Å²) in [6, 6.07) is 13.8. The number of rotatable bonds is 5. The molecule has 4 nitrogen and oxygen atoms in total. The third kappa shape index (κ3) is 4.71. The summed E-state index contributed by atoms with van der Waals surface area (Å²) in [6.45, 7) is 4.05. The van der Waals surface area contributed by atoms with Gasteiger partial charge in [0.1, 0.15) is 18.2 Å². The van der Waals surface area contributed by atoms with Crippen LogP contribution in [-0.2, 0) is 0 Å². The summed E-state index contributed by atoms with van der Waals surface area (Å²) < 4.78 is 19.6. The fourth-order valence-electron chi connectivity index (χ4n) is 2.82. The molecule has 0 N–H and O–H groups in total. The Labute approximate surface area is 151 Å². The van der Waals surface area contributed by atoms with Gasteiger partial charge in [0, 0.05) is 37.7 Å². The molecule has 6 heteroatoms. The summed E-state index contributed by atoms with van der Waals surface area (Å²) in [5.74, 6) is 0.0000651. The second kappa shape index (κ2) is 8.32. The highest BCUT2D eigenvalue weighted by molar-refractivity contribution is 6.30. The lowest BCUT2D eigenvalue weighted by atomic mass is 10.1. The van der Waals surface area contributed by atoms with Gasteiger partial charge in [-0.25, -0.2) is 4.39 Å². The largest absolute Gasteiger partial charge is 0.492 e. The molecular weight excluding hydrogens is 343 g/mol. The van der Waals surface area contributed by atoms with Gasteiger partial charge < -0.3 is 9.64 Å². The number of piperazine rings is 1. The molecule has 1 fully saturated rings. The van der Waals surface area contributed by atoms with Crippen LogP contribution in [0.1, 0.15) is 10.4 Å². The van der Waals surface area contributed by atoms with Crippen molar-refractivity contribution in [3.05, 3.63) is 64.9 Å². The van der Waals surface area contributed by atoms with Crippen LogP contribution in [-0.4, -0.2) is 55.0 Å². The number of hydrogen-bond acceptors (Lipinski definition) is 3. The average molecular weight is 363 g/mol. The molecule has 0 aromatic heterocycles. The Morgan fingerprint density at radius 1 is 1.08 bits per heavy atom. The van der Waals surface area contributed by atoms with Crippen molar-refractivity contribution in [1.29, 1.82) is 0 Å². The molecule has 1 amide bonds. The number of ether oxygens (including phenoxy) is 1. The Bertz CT molecular complexity index is 719. The Kier molecular flexibility index (Phi) is 5.89. The number of para-hydroxylation sites is 1. The van der Waals surface area contributed by atoms with Gasteiger partial charge in [-0.2, -0.15) is 0 Å². The summed E-state index contributed by atoms with van der Waals surface area (Å²) in [6.07, 6.45) is 0. The monoisotopic (exact) mass is 362 g/mol. The molecule has 0 spiro atoms. The maximum Gasteiger partial charge on any atom is 0.256 e. The second-order valence-corrected chi connectivity index (χ2v) is 6.36. The minimum absolute atomic E-state index is 0.0743. The van der Waals surface area contributed by atoms with Crippen LogP contribution in [0.5, 0.6) is 5.75 Å². The number of halogens is 2. The van der Waals surface area contributed by atoms with Gasteiger partial charge in [0.05, 0.1) is 5.56 Å². The molecular formula is C19H20ClFN2O2. The highest BCUT2D eigenvalue weighted by atomic mass is 35.5. The molecule has 0 atom stereocenters. The zero-order valence-electron chi connectivity index (χ0n) is 13.8. The maximum atomic E-state index is 13.9. The lowest BCUT2D eigenvalue weighted by molar-refractivity contribution is 0.0616. The first kappa shape index (κ1) is 17.7. The van der Waals surface area contributed by atoms with E-state index in [4.69, 9.17) is 16.3 Å². The molecule has 1 saturated heterocycles. The van der Waals surface area contributed by atoms with Crippen LogP contribution in [0.25, 0.3) is 0 Å². The molecule has 0 bridgehead atoms. The molecule has 0 saturated carbocycles. The summed E-state index contributed by atoms with van der Waals surface area (Å²) in [5, 5.41) is 0.289. The van der Waals surface area contributed by atoms with E-state index in [1.807, 2.05) is 30.3 Å². The predicted octanol–water partition coefficient (Wildman–Crippen LogP) is 3.32. The number of carbonyl (C=O) groups is 1. The second-order valence-electron chi connectivity index (χ2n) is 5.92. The van der Waals surface area contributed by atoms with E-state index in [0.29, 0.717) is 19.7 Å². The number of hydrogen-bond donors (Lipinski definition) is 0. The zero-order chi connectivity index (χ0) is 17.6. The van der Waals surface area contributed by atoms with Crippen LogP contribution in [0.3, 0.4) is 0 Å². The Balaban J connectivity index is 1.46. The predicted molar refractivity (Wildman–Crippen MR) is 95.7 cm³/mol. The van der Waals surface area contributed by atoms with E-state index in [-0.39, 0.29) is 16.5 Å². The molecule has 1 heterocycles. The van der Waals surface area contributed by atoms with E-state index in [9.17, 15) is 9.18 Å². The van der Waals surface area contributed by atoms with E-state index in [1.165, 1.54) is 18.2 Å². The van der Waals surface area contributed by atoms with Gasteiger partial charge in [0.25, 0.3) is 5.91 Å². The Morgan fingerprint density at radius 2 is 1.80 bits per heavy atom. The zero-order valence-corrected chi connectivity index (χ0v) is 14.6. The van der Waals surface area contributed by atoms with Crippen LogP contribution in [0.2, 0.25) is 5.02 Å². The molecule has 0 unspecified atom stereocenters. The summed E-state index contributed by atoms with van der Waals surface area (Å²) >= 11 is 5.74. The third-order valence-corrected chi connectivity index (χ3v) is 4.48. The quantitative estimate of drug-likeness (QED) is 0.818. The SMILES string of the molecule is O=C(c1ccc(Cl)cc1F)N1CCN(CCOc2ccccc2)CC1. The summed E-state index contributed by atoms with van der Waals surface area (Å²) in [7, 11) is 0.